The number of carbonyl (C=O) groups excluding carboxylic acids is 1. The number of likely N-dealkylation sites (tertiary alicyclic amines) is 1. The fourth-order valence-corrected chi connectivity index (χ4v) is 2.57. The molecule has 0 bridgehead atoms. The van der Waals surface area contributed by atoms with Gasteiger partial charge in [0.25, 0.3) is 0 Å². The monoisotopic (exact) mass is 266 g/mol. The van der Waals surface area contributed by atoms with E-state index in [0.29, 0.717) is 18.2 Å². The average Bonchev–Trinajstić information content (AvgIpc) is 2.87. The van der Waals surface area contributed by atoms with E-state index in [2.05, 4.69) is 22.0 Å². The van der Waals surface area contributed by atoms with Crippen molar-refractivity contribution in [3.05, 3.63) is 11.7 Å². The second-order valence-electron chi connectivity index (χ2n) is 5.23. The lowest BCUT2D eigenvalue weighted by Crippen LogP contribution is -2.36. The van der Waals surface area contributed by atoms with E-state index in [0.717, 1.165) is 38.2 Å². The van der Waals surface area contributed by atoms with Crippen LogP contribution in [0, 0.1) is 5.92 Å². The summed E-state index contributed by atoms with van der Waals surface area (Å²) in [6.45, 7) is 5.99. The van der Waals surface area contributed by atoms with E-state index in [9.17, 15) is 4.79 Å². The third kappa shape index (κ3) is 3.53. The molecule has 1 aliphatic heterocycles. The first-order chi connectivity index (χ1) is 9.10. The van der Waals surface area contributed by atoms with Crippen LogP contribution in [-0.2, 0) is 11.2 Å². The third-order valence-electron chi connectivity index (χ3n) is 3.84. The number of nitrogens with two attached hydrogens (primary N) is 1. The minimum absolute atomic E-state index is 0.141. The molecule has 1 atom stereocenters. The Balaban J connectivity index is 1.88. The van der Waals surface area contributed by atoms with Gasteiger partial charge in [-0.05, 0) is 38.8 Å². The molecule has 0 saturated carbocycles. The van der Waals surface area contributed by atoms with Gasteiger partial charge >= 0.3 is 0 Å². The van der Waals surface area contributed by atoms with Crippen LogP contribution in [-0.4, -0.2) is 34.0 Å². The predicted octanol–water partition coefficient (Wildman–Crippen LogP) is 1.28. The number of nitrogens with zero attached hydrogens (tertiary/aromatic N) is 3. The zero-order chi connectivity index (χ0) is 13.8. The molecule has 0 radical (unpaired) electrons. The van der Waals surface area contributed by atoms with Crippen molar-refractivity contribution in [3.63, 3.8) is 0 Å². The SMILES string of the molecule is CCc1noc(C(C)N2CCC(CC(N)=O)CC2)n1. The smallest absolute Gasteiger partial charge is 0.243 e. The maximum atomic E-state index is 10.9. The fourth-order valence-electron chi connectivity index (χ4n) is 2.57. The van der Waals surface area contributed by atoms with Gasteiger partial charge in [0.05, 0.1) is 6.04 Å². The molecule has 2 rings (SSSR count). The van der Waals surface area contributed by atoms with Gasteiger partial charge in [0.15, 0.2) is 5.82 Å². The summed E-state index contributed by atoms with van der Waals surface area (Å²) in [6.07, 6.45) is 3.30. The summed E-state index contributed by atoms with van der Waals surface area (Å²) in [7, 11) is 0. The van der Waals surface area contributed by atoms with Crippen LogP contribution in [0.1, 0.15) is 50.9 Å². The van der Waals surface area contributed by atoms with Crippen molar-refractivity contribution in [2.75, 3.05) is 13.1 Å². The molecule has 6 nitrogen and oxygen atoms in total. The first-order valence-electron chi connectivity index (χ1n) is 6.95. The first-order valence-corrected chi connectivity index (χ1v) is 6.95. The standard InChI is InChI=1S/C13H22N4O2/c1-3-12-15-13(19-16-12)9(2)17-6-4-10(5-7-17)8-11(14)18/h9-10H,3-8H2,1-2H3,(H2,14,18). The summed E-state index contributed by atoms with van der Waals surface area (Å²) in [6, 6.07) is 0.141. The molecule has 1 fully saturated rings. The van der Waals surface area contributed by atoms with Crippen molar-refractivity contribution in [1.82, 2.24) is 15.0 Å². The van der Waals surface area contributed by atoms with E-state index in [1.165, 1.54) is 0 Å². The second-order valence-corrected chi connectivity index (χ2v) is 5.23. The molecule has 0 aromatic carbocycles. The molecule has 0 aliphatic carbocycles. The van der Waals surface area contributed by atoms with E-state index < -0.39 is 0 Å². The highest BCUT2D eigenvalue weighted by atomic mass is 16.5. The number of rotatable bonds is 5. The van der Waals surface area contributed by atoms with Crippen LogP contribution in [0.2, 0.25) is 0 Å². The summed E-state index contributed by atoms with van der Waals surface area (Å²) in [5.74, 6) is 1.67. The van der Waals surface area contributed by atoms with Gasteiger partial charge < -0.3 is 10.3 Å². The number of amides is 1. The Bertz CT molecular complexity index is 424. The van der Waals surface area contributed by atoms with E-state index in [1.807, 2.05) is 6.92 Å². The Morgan fingerprint density at radius 3 is 2.74 bits per heavy atom. The largest absolute Gasteiger partial charge is 0.370 e. The van der Waals surface area contributed by atoms with Gasteiger partial charge in [-0.15, -0.1) is 0 Å². The number of aromatic nitrogens is 2. The normalized spacial score (nSPS) is 19.5. The number of piperidine rings is 1. The molecule has 6 heteroatoms. The molecule has 1 aliphatic rings. The number of hydrogen-bond acceptors (Lipinski definition) is 5. The summed E-state index contributed by atoms with van der Waals surface area (Å²) >= 11 is 0. The quantitative estimate of drug-likeness (QED) is 0.867. The first kappa shape index (κ1) is 14.0. The second kappa shape index (κ2) is 6.14. The molecule has 19 heavy (non-hydrogen) atoms. The number of primary amides is 1. The lowest BCUT2D eigenvalue weighted by molar-refractivity contribution is -0.119. The van der Waals surface area contributed by atoms with Gasteiger partial charge in [-0.25, -0.2) is 0 Å². The zero-order valence-corrected chi connectivity index (χ0v) is 11.6. The van der Waals surface area contributed by atoms with Crippen molar-refractivity contribution in [3.8, 4) is 0 Å². The molecule has 1 unspecified atom stereocenters. The minimum Gasteiger partial charge on any atom is -0.370 e. The average molecular weight is 266 g/mol. The van der Waals surface area contributed by atoms with Gasteiger partial charge in [0.2, 0.25) is 11.8 Å². The highest BCUT2D eigenvalue weighted by Gasteiger charge is 2.27. The van der Waals surface area contributed by atoms with Crippen molar-refractivity contribution in [2.24, 2.45) is 11.7 Å². The Morgan fingerprint density at radius 2 is 2.21 bits per heavy atom. The molecule has 2 N–H and O–H groups in total. The highest BCUT2D eigenvalue weighted by Crippen LogP contribution is 2.27. The van der Waals surface area contributed by atoms with E-state index >= 15 is 0 Å². The molecule has 0 spiro atoms. The molecule has 1 aromatic rings. The van der Waals surface area contributed by atoms with Gasteiger partial charge in [-0.3, -0.25) is 9.69 Å². The van der Waals surface area contributed by atoms with Crippen LogP contribution in [0.4, 0.5) is 0 Å². The van der Waals surface area contributed by atoms with Gasteiger partial charge in [-0.1, -0.05) is 12.1 Å². The third-order valence-corrected chi connectivity index (χ3v) is 3.84. The molecule has 1 aromatic heterocycles. The Labute approximate surface area is 113 Å². The van der Waals surface area contributed by atoms with Crippen LogP contribution in [0.5, 0.6) is 0 Å². The molecule has 2 heterocycles. The van der Waals surface area contributed by atoms with Crippen molar-refractivity contribution >= 4 is 5.91 Å². The predicted molar refractivity (Wildman–Crippen MR) is 70.2 cm³/mol. The molecular formula is C13H22N4O2. The molecular weight excluding hydrogens is 244 g/mol. The van der Waals surface area contributed by atoms with E-state index in [1.54, 1.807) is 0 Å². The van der Waals surface area contributed by atoms with Crippen molar-refractivity contribution < 1.29 is 9.32 Å². The zero-order valence-electron chi connectivity index (χ0n) is 11.6. The summed E-state index contributed by atoms with van der Waals surface area (Å²) in [4.78, 5) is 17.6. The van der Waals surface area contributed by atoms with Crippen LogP contribution in [0.25, 0.3) is 0 Å². The van der Waals surface area contributed by atoms with Crippen LogP contribution < -0.4 is 5.73 Å². The number of hydrogen-bond donors (Lipinski definition) is 1. The Kier molecular flexibility index (Phi) is 4.52. The van der Waals surface area contributed by atoms with Crippen LogP contribution >= 0.6 is 0 Å². The van der Waals surface area contributed by atoms with Crippen LogP contribution in [0.15, 0.2) is 4.52 Å². The molecule has 1 saturated heterocycles. The maximum Gasteiger partial charge on any atom is 0.243 e. The van der Waals surface area contributed by atoms with E-state index in [-0.39, 0.29) is 11.9 Å². The van der Waals surface area contributed by atoms with Gasteiger partial charge in [0, 0.05) is 12.8 Å². The topological polar surface area (TPSA) is 85.3 Å². The lowest BCUT2D eigenvalue weighted by atomic mass is 9.92. The number of carbonyl (C=O) groups is 1. The van der Waals surface area contributed by atoms with Crippen molar-refractivity contribution in [2.45, 2.75) is 45.6 Å². The van der Waals surface area contributed by atoms with Crippen LogP contribution in [0.3, 0.4) is 0 Å². The van der Waals surface area contributed by atoms with Gasteiger partial charge in [-0.2, -0.15) is 4.98 Å². The Hall–Kier alpha value is -1.43. The minimum atomic E-state index is -0.198. The highest BCUT2D eigenvalue weighted by molar-refractivity contribution is 5.73. The molecule has 106 valence electrons. The summed E-state index contributed by atoms with van der Waals surface area (Å²) < 4.78 is 5.29. The lowest BCUT2D eigenvalue weighted by Gasteiger charge is -2.34. The number of aryl methyl sites for hydroxylation is 1. The fraction of sp³-hybridized carbons (Fsp3) is 0.769. The maximum absolute atomic E-state index is 10.9. The Morgan fingerprint density at radius 1 is 1.53 bits per heavy atom. The summed E-state index contributed by atoms with van der Waals surface area (Å²) in [5.41, 5.74) is 5.24. The van der Waals surface area contributed by atoms with Gasteiger partial charge in [0.1, 0.15) is 0 Å². The molecule has 1 amide bonds. The van der Waals surface area contributed by atoms with E-state index in [4.69, 9.17) is 10.3 Å². The summed E-state index contributed by atoms with van der Waals surface area (Å²) in [5, 5.41) is 3.93. The van der Waals surface area contributed by atoms with Crippen molar-refractivity contribution in [1.29, 1.82) is 0 Å².